The monoisotopic (exact) mass is 470 g/mol. The van der Waals surface area contributed by atoms with E-state index >= 15 is 0 Å². The van der Waals surface area contributed by atoms with Gasteiger partial charge in [0.25, 0.3) is 11.8 Å². The number of hydrogen-bond acceptors (Lipinski definition) is 5. The van der Waals surface area contributed by atoms with Crippen LogP contribution in [0.2, 0.25) is 0 Å². The molecule has 4 amide bonds. The highest BCUT2D eigenvalue weighted by atomic mass is 16.5. The number of urea groups is 1. The van der Waals surface area contributed by atoms with Gasteiger partial charge in [-0.25, -0.2) is 9.69 Å². The fraction of sp³-hybridized carbons (Fsp3) is 0.179. The quantitative estimate of drug-likeness (QED) is 0.411. The maximum Gasteiger partial charge on any atom is 0.335 e. The molecule has 1 N–H and O–H groups in total. The average molecular weight is 471 g/mol. The summed E-state index contributed by atoms with van der Waals surface area (Å²) in [4.78, 5) is 39.6. The van der Waals surface area contributed by atoms with Crippen LogP contribution in [-0.4, -0.2) is 25.0 Å². The van der Waals surface area contributed by atoms with Gasteiger partial charge in [0, 0.05) is 11.6 Å². The smallest absolute Gasteiger partial charge is 0.335 e. The number of carbonyl (C=O) groups is 3. The summed E-state index contributed by atoms with van der Waals surface area (Å²) in [5.41, 5.74) is 4.61. The maximum absolute atomic E-state index is 13.3. The van der Waals surface area contributed by atoms with Crippen LogP contribution in [0.4, 0.5) is 10.5 Å². The summed E-state index contributed by atoms with van der Waals surface area (Å²) < 4.78 is 11.4. The molecule has 4 rings (SSSR count). The molecule has 178 valence electrons. The van der Waals surface area contributed by atoms with Gasteiger partial charge in [0.1, 0.15) is 23.7 Å². The number of benzene rings is 3. The van der Waals surface area contributed by atoms with Crippen LogP contribution >= 0.6 is 0 Å². The van der Waals surface area contributed by atoms with Gasteiger partial charge in [-0.1, -0.05) is 47.5 Å². The predicted molar refractivity (Wildman–Crippen MR) is 133 cm³/mol. The van der Waals surface area contributed by atoms with Crippen molar-refractivity contribution in [1.29, 1.82) is 0 Å². The fourth-order valence-corrected chi connectivity index (χ4v) is 3.82. The van der Waals surface area contributed by atoms with Gasteiger partial charge in [-0.05, 0) is 56.2 Å². The molecular formula is C28H26N2O5. The van der Waals surface area contributed by atoms with Crippen LogP contribution in [0.1, 0.15) is 27.8 Å². The molecule has 1 heterocycles. The molecule has 35 heavy (non-hydrogen) atoms. The molecular weight excluding hydrogens is 444 g/mol. The highest BCUT2D eigenvalue weighted by Gasteiger charge is 2.37. The Hall–Kier alpha value is -4.39. The van der Waals surface area contributed by atoms with E-state index in [0.29, 0.717) is 22.7 Å². The average Bonchev–Trinajstić information content (AvgIpc) is 2.83. The summed E-state index contributed by atoms with van der Waals surface area (Å²) in [5, 5.41) is 2.27. The molecule has 1 saturated heterocycles. The number of aryl methyl sites for hydroxylation is 3. The Bertz CT molecular complexity index is 1340. The number of rotatable bonds is 6. The molecule has 1 fully saturated rings. The molecule has 0 saturated carbocycles. The number of imide groups is 2. The number of nitrogens with zero attached hydrogens (tertiary/aromatic N) is 1. The molecule has 7 heteroatoms. The normalized spacial score (nSPS) is 14.8. The van der Waals surface area contributed by atoms with Crippen molar-refractivity contribution >= 4 is 29.6 Å². The molecule has 1 aliphatic heterocycles. The van der Waals surface area contributed by atoms with Crippen molar-refractivity contribution in [3.05, 3.63) is 94.1 Å². The zero-order valence-corrected chi connectivity index (χ0v) is 20.0. The lowest BCUT2D eigenvalue weighted by molar-refractivity contribution is -0.122. The minimum absolute atomic E-state index is 0.171. The Morgan fingerprint density at radius 1 is 0.886 bits per heavy atom. The number of methoxy groups -OCH3 is 1. The third-order valence-electron chi connectivity index (χ3n) is 5.73. The molecule has 0 unspecified atom stereocenters. The van der Waals surface area contributed by atoms with E-state index < -0.39 is 17.8 Å². The van der Waals surface area contributed by atoms with Crippen molar-refractivity contribution in [1.82, 2.24) is 5.32 Å². The Morgan fingerprint density at radius 2 is 1.60 bits per heavy atom. The van der Waals surface area contributed by atoms with Crippen molar-refractivity contribution < 1.29 is 23.9 Å². The summed E-state index contributed by atoms with van der Waals surface area (Å²) in [7, 11) is 1.54. The Balaban J connectivity index is 1.69. The number of anilines is 1. The number of carbonyl (C=O) groups excluding carboxylic acids is 3. The summed E-state index contributed by atoms with van der Waals surface area (Å²) in [6.45, 7) is 6.03. The Labute approximate surface area is 204 Å². The largest absolute Gasteiger partial charge is 0.497 e. The van der Waals surface area contributed by atoms with Crippen LogP contribution < -0.4 is 19.7 Å². The summed E-state index contributed by atoms with van der Waals surface area (Å²) in [5.74, 6) is -0.460. The predicted octanol–water partition coefficient (Wildman–Crippen LogP) is 4.87. The molecule has 1 aliphatic rings. The first kappa shape index (κ1) is 23.8. The molecule has 0 radical (unpaired) electrons. The lowest BCUT2D eigenvalue weighted by atomic mass is 10.0. The van der Waals surface area contributed by atoms with E-state index in [2.05, 4.69) is 5.32 Å². The van der Waals surface area contributed by atoms with Crippen LogP contribution in [0.5, 0.6) is 11.5 Å². The highest BCUT2D eigenvalue weighted by molar-refractivity contribution is 6.39. The number of nitrogens with one attached hydrogen (secondary N) is 1. The molecule has 3 aromatic carbocycles. The van der Waals surface area contributed by atoms with Crippen molar-refractivity contribution in [3.8, 4) is 11.5 Å². The maximum atomic E-state index is 13.3. The number of barbiturate groups is 1. The minimum atomic E-state index is -0.783. The second-order valence-electron chi connectivity index (χ2n) is 8.43. The van der Waals surface area contributed by atoms with Crippen LogP contribution in [-0.2, 0) is 16.2 Å². The number of hydrogen-bond donors (Lipinski definition) is 1. The lowest BCUT2D eigenvalue weighted by Gasteiger charge is -2.27. The summed E-state index contributed by atoms with van der Waals surface area (Å²) in [6.07, 6.45) is 1.44. The topological polar surface area (TPSA) is 84.9 Å². The molecule has 0 atom stereocenters. The van der Waals surface area contributed by atoms with Crippen LogP contribution in [0, 0.1) is 20.8 Å². The van der Waals surface area contributed by atoms with Crippen LogP contribution in [0.25, 0.3) is 6.08 Å². The minimum Gasteiger partial charge on any atom is -0.497 e. The van der Waals surface area contributed by atoms with Gasteiger partial charge >= 0.3 is 6.03 Å². The van der Waals surface area contributed by atoms with Crippen molar-refractivity contribution in [2.45, 2.75) is 27.4 Å². The zero-order valence-electron chi connectivity index (χ0n) is 20.0. The standard InChI is InChI=1S/C28H26N2O5/c1-17-5-8-20(9-6-17)16-35-25-15-22(34-4)11-10-21(25)14-23-26(31)29-28(33)30(27(23)32)24-12-7-18(2)13-19(24)3/h5-15H,16H2,1-4H3,(H,29,31,33)/b23-14+. The fourth-order valence-electron chi connectivity index (χ4n) is 3.82. The van der Waals surface area contributed by atoms with Gasteiger partial charge in [0.15, 0.2) is 0 Å². The van der Waals surface area contributed by atoms with E-state index in [1.807, 2.05) is 57.2 Å². The van der Waals surface area contributed by atoms with E-state index in [1.54, 1.807) is 31.4 Å². The Morgan fingerprint density at radius 3 is 2.29 bits per heavy atom. The third-order valence-corrected chi connectivity index (χ3v) is 5.73. The second kappa shape index (κ2) is 9.85. The van der Waals surface area contributed by atoms with Gasteiger partial charge < -0.3 is 9.47 Å². The molecule has 0 bridgehead atoms. The van der Waals surface area contributed by atoms with Crippen molar-refractivity contribution in [2.75, 3.05) is 12.0 Å². The molecule has 3 aromatic rings. The van der Waals surface area contributed by atoms with E-state index in [9.17, 15) is 14.4 Å². The summed E-state index contributed by atoms with van der Waals surface area (Å²) >= 11 is 0. The SMILES string of the molecule is COc1ccc(/C=C2\C(=O)NC(=O)N(c3ccc(C)cc3C)C2=O)c(OCc2ccc(C)cc2)c1. The van der Waals surface area contributed by atoms with Gasteiger partial charge in [0.2, 0.25) is 0 Å². The first-order valence-corrected chi connectivity index (χ1v) is 11.1. The first-order chi connectivity index (χ1) is 16.8. The molecule has 0 aliphatic carbocycles. The number of ether oxygens (including phenoxy) is 2. The van der Waals surface area contributed by atoms with Gasteiger partial charge in [-0.15, -0.1) is 0 Å². The third kappa shape index (κ3) is 5.09. The lowest BCUT2D eigenvalue weighted by Crippen LogP contribution is -2.54. The van der Waals surface area contributed by atoms with E-state index in [0.717, 1.165) is 27.2 Å². The zero-order chi connectivity index (χ0) is 25.1. The Kier molecular flexibility index (Phi) is 6.68. The van der Waals surface area contributed by atoms with E-state index in [-0.39, 0.29) is 12.2 Å². The van der Waals surface area contributed by atoms with Gasteiger partial charge in [0.05, 0.1) is 12.8 Å². The van der Waals surface area contributed by atoms with E-state index in [4.69, 9.17) is 9.47 Å². The number of amides is 4. The van der Waals surface area contributed by atoms with Crippen LogP contribution in [0.15, 0.2) is 66.2 Å². The first-order valence-electron chi connectivity index (χ1n) is 11.1. The van der Waals surface area contributed by atoms with Crippen LogP contribution in [0.3, 0.4) is 0 Å². The van der Waals surface area contributed by atoms with E-state index in [1.165, 1.54) is 6.08 Å². The second-order valence-corrected chi connectivity index (χ2v) is 8.43. The van der Waals surface area contributed by atoms with Crippen molar-refractivity contribution in [3.63, 3.8) is 0 Å². The van der Waals surface area contributed by atoms with Gasteiger partial charge in [-0.2, -0.15) is 0 Å². The van der Waals surface area contributed by atoms with Crippen molar-refractivity contribution in [2.24, 2.45) is 0 Å². The summed E-state index contributed by atoms with van der Waals surface area (Å²) in [6, 6.07) is 17.6. The molecule has 0 aromatic heterocycles. The van der Waals surface area contributed by atoms with Gasteiger partial charge in [-0.3, -0.25) is 14.9 Å². The highest BCUT2D eigenvalue weighted by Crippen LogP contribution is 2.30. The molecule has 7 nitrogen and oxygen atoms in total. The molecule has 0 spiro atoms.